The van der Waals surface area contributed by atoms with Gasteiger partial charge in [-0.3, -0.25) is 0 Å². The van der Waals surface area contributed by atoms with Crippen LogP contribution in [-0.4, -0.2) is 36.3 Å². The van der Waals surface area contributed by atoms with Gasteiger partial charge in [-0.25, -0.2) is 9.78 Å². The van der Waals surface area contributed by atoms with Crippen molar-refractivity contribution in [3.63, 3.8) is 0 Å². The Hall–Kier alpha value is -1.14. The topological polar surface area (TPSA) is 63.2 Å². The average molecular weight is 323 g/mol. The van der Waals surface area contributed by atoms with E-state index in [0.29, 0.717) is 12.6 Å². The van der Waals surface area contributed by atoms with E-state index in [0.717, 1.165) is 30.2 Å². The number of rotatable bonds is 6. The van der Waals surface area contributed by atoms with Crippen LogP contribution in [0.5, 0.6) is 0 Å². The van der Waals surface area contributed by atoms with Crippen molar-refractivity contribution >= 4 is 17.4 Å². The number of ether oxygens (including phenoxy) is 1. The maximum absolute atomic E-state index is 12.1. The van der Waals surface area contributed by atoms with E-state index < -0.39 is 0 Å². The van der Waals surface area contributed by atoms with Crippen LogP contribution in [0.2, 0.25) is 0 Å². The molecular formula is C16H25N3O2S. The standard InChI is InChI=1S/C16H25N3O2S/c1-3-21-14-9-13(16(14)6-4-7-16)19-15(20)17-8-5-12-10-22-11(2)18-12/h10,13-14H,3-9H2,1-2H3,(H2,17,19,20)/t13-,14-/m0/s1. The van der Waals surface area contributed by atoms with Gasteiger partial charge in [0.15, 0.2) is 0 Å². The van der Waals surface area contributed by atoms with Crippen molar-refractivity contribution in [3.05, 3.63) is 16.1 Å². The minimum absolute atomic E-state index is 0.0572. The molecule has 1 heterocycles. The lowest BCUT2D eigenvalue weighted by molar-refractivity contribution is -0.169. The molecule has 0 unspecified atom stereocenters. The minimum atomic E-state index is -0.0572. The quantitative estimate of drug-likeness (QED) is 0.846. The van der Waals surface area contributed by atoms with Crippen molar-refractivity contribution in [1.82, 2.24) is 15.6 Å². The highest BCUT2D eigenvalue weighted by molar-refractivity contribution is 7.09. The van der Waals surface area contributed by atoms with Gasteiger partial charge in [0.05, 0.1) is 16.8 Å². The van der Waals surface area contributed by atoms with Crippen LogP contribution in [0.4, 0.5) is 4.79 Å². The zero-order chi connectivity index (χ0) is 15.6. The number of urea groups is 1. The lowest BCUT2D eigenvalue weighted by atomic mass is 9.51. The molecule has 2 atom stereocenters. The number of nitrogens with zero attached hydrogens (tertiary/aromatic N) is 1. The predicted molar refractivity (Wildman–Crippen MR) is 87.2 cm³/mol. The van der Waals surface area contributed by atoms with Gasteiger partial charge in [0, 0.05) is 36.4 Å². The Morgan fingerprint density at radius 2 is 2.36 bits per heavy atom. The van der Waals surface area contributed by atoms with Crippen LogP contribution < -0.4 is 10.6 Å². The maximum Gasteiger partial charge on any atom is 0.315 e. The number of carbonyl (C=O) groups excluding carboxylic acids is 1. The summed E-state index contributed by atoms with van der Waals surface area (Å²) in [5.74, 6) is 0. The summed E-state index contributed by atoms with van der Waals surface area (Å²) in [5, 5.41) is 9.21. The monoisotopic (exact) mass is 323 g/mol. The number of thiazole rings is 1. The Bertz CT molecular complexity index is 527. The molecule has 2 aliphatic carbocycles. The number of hydrogen-bond acceptors (Lipinski definition) is 4. The van der Waals surface area contributed by atoms with Gasteiger partial charge in [-0.2, -0.15) is 0 Å². The molecule has 6 heteroatoms. The lowest BCUT2D eigenvalue weighted by Gasteiger charge is -2.60. The molecule has 2 N–H and O–H groups in total. The largest absolute Gasteiger partial charge is 0.378 e. The van der Waals surface area contributed by atoms with E-state index in [1.54, 1.807) is 11.3 Å². The van der Waals surface area contributed by atoms with Gasteiger partial charge in [-0.1, -0.05) is 6.42 Å². The summed E-state index contributed by atoms with van der Waals surface area (Å²) in [6, 6.07) is 0.220. The molecule has 1 spiro atoms. The fourth-order valence-electron chi connectivity index (χ4n) is 3.68. The molecule has 0 saturated heterocycles. The second-order valence-electron chi connectivity index (χ2n) is 6.33. The van der Waals surface area contributed by atoms with E-state index in [9.17, 15) is 4.79 Å². The highest BCUT2D eigenvalue weighted by Crippen LogP contribution is 2.57. The second kappa shape index (κ2) is 6.54. The number of amides is 2. The smallest absolute Gasteiger partial charge is 0.315 e. The van der Waals surface area contributed by atoms with E-state index in [2.05, 4.69) is 21.0 Å². The summed E-state index contributed by atoms with van der Waals surface area (Å²) in [6.07, 6.45) is 5.70. The van der Waals surface area contributed by atoms with Crippen molar-refractivity contribution in [3.8, 4) is 0 Å². The molecule has 1 aromatic rings. The third-order valence-corrected chi connectivity index (χ3v) is 5.90. The van der Waals surface area contributed by atoms with Gasteiger partial charge in [0.1, 0.15) is 0 Å². The Morgan fingerprint density at radius 3 is 2.95 bits per heavy atom. The molecule has 0 radical (unpaired) electrons. The summed E-state index contributed by atoms with van der Waals surface area (Å²) in [7, 11) is 0. The van der Waals surface area contributed by atoms with Gasteiger partial charge < -0.3 is 15.4 Å². The van der Waals surface area contributed by atoms with Crippen LogP contribution in [0.15, 0.2) is 5.38 Å². The average Bonchev–Trinajstić information content (AvgIpc) is 2.81. The Labute approximate surface area is 135 Å². The molecule has 2 aliphatic rings. The van der Waals surface area contributed by atoms with Gasteiger partial charge in [0.25, 0.3) is 0 Å². The molecular weight excluding hydrogens is 298 g/mol. The summed E-state index contributed by atoms with van der Waals surface area (Å²) in [4.78, 5) is 16.5. The Kier molecular flexibility index (Phi) is 4.68. The summed E-state index contributed by atoms with van der Waals surface area (Å²) < 4.78 is 5.81. The molecule has 0 aromatic carbocycles. The molecule has 0 bridgehead atoms. The van der Waals surface area contributed by atoms with E-state index in [1.807, 2.05) is 13.8 Å². The predicted octanol–water partition coefficient (Wildman–Crippen LogP) is 2.64. The lowest BCUT2D eigenvalue weighted by Crippen LogP contribution is -2.68. The third-order valence-electron chi connectivity index (χ3n) is 5.08. The number of hydrogen-bond donors (Lipinski definition) is 2. The first-order valence-corrected chi connectivity index (χ1v) is 9.09. The summed E-state index contributed by atoms with van der Waals surface area (Å²) in [5.41, 5.74) is 1.28. The Morgan fingerprint density at radius 1 is 1.55 bits per heavy atom. The van der Waals surface area contributed by atoms with Gasteiger partial charge in [-0.05, 0) is 33.1 Å². The maximum atomic E-state index is 12.1. The first-order valence-electron chi connectivity index (χ1n) is 8.21. The highest BCUT2D eigenvalue weighted by Gasteiger charge is 2.59. The third kappa shape index (κ3) is 2.99. The molecule has 3 rings (SSSR count). The van der Waals surface area contributed by atoms with Crippen molar-refractivity contribution in [2.75, 3.05) is 13.2 Å². The highest BCUT2D eigenvalue weighted by atomic mass is 32.1. The van der Waals surface area contributed by atoms with Crippen molar-refractivity contribution < 1.29 is 9.53 Å². The van der Waals surface area contributed by atoms with E-state index in [4.69, 9.17) is 4.74 Å². The van der Waals surface area contributed by atoms with Crippen LogP contribution in [0.1, 0.15) is 43.3 Å². The molecule has 2 saturated carbocycles. The molecule has 22 heavy (non-hydrogen) atoms. The van der Waals surface area contributed by atoms with Crippen LogP contribution in [-0.2, 0) is 11.2 Å². The first-order chi connectivity index (χ1) is 10.6. The minimum Gasteiger partial charge on any atom is -0.378 e. The van der Waals surface area contributed by atoms with Crippen molar-refractivity contribution in [2.24, 2.45) is 5.41 Å². The van der Waals surface area contributed by atoms with Gasteiger partial charge in [0.2, 0.25) is 0 Å². The Balaban J connectivity index is 1.41. The molecule has 5 nitrogen and oxygen atoms in total. The number of aromatic nitrogens is 1. The molecule has 122 valence electrons. The zero-order valence-electron chi connectivity index (χ0n) is 13.4. The number of aryl methyl sites for hydroxylation is 1. The fraction of sp³-hybridized carbons (Fsp3) is 0.750. The van der Waals surface area contributed by atoms with Crippen molar-refractivity contribution in [1.29, 1.82) is 0 Å². The summed E-state index contributed by atoms with van der Waals surface area (Å²) in [6.45, 7) is 5.43. The van der Waals surface area contributed by atoms with Gasteiger partial charge in [-0.15, -0.1) is 11.3 Å². The first kappa shape index (κ1) is 15.7. The molecule has 1 aromatic heterocycles. The second-order valence-corrected chi connectivity index (χ2v) is 7.39. The van der Waals surface area contributed by atoms with E-state index in [-0.39, 0.29) is 17.5 Å². The van der Waals surface area contributed by atoms with Crippen LogP contribution >= 0.6 is 11.3 Å². The van der Waals surface area contributed by atoms with Crippen molar-refractivity contribution in [2.45, 2.75) is 58.1 Å². The molecule has 2 fully saturated rings. The SMILES string of the molecule is CCO[C@H]1C[C@H](NC(=O)NCCc2csc(C)n2)C12CCC2. The van der Waals surface area contributed by atoms with E-state index >= 15 is 0 Å². The number of nitrogens with one attached hydrogen (secondary N) is 2. The normalized spacial score (nSPS) is 25.4. The van der Waals surface area contributed by atoms with E-state index in [1.165, 1.54) is 19.3 Å². The zero-order valence-corrected chi connectivity index (χ0v) is 14.2. The summed E-state index contributed by atoms with van der Waals surface area (Å²) >= 11 is 1.65. The van der Waals surface area contributed by atoms with Crippen LogP contribution in [0.3, 0.4) is 0 Å². The van der Waals surface area contributed by atoms with Crippen LogP contribution in [0, 0.1) is 12.3 Å². The number of carbonyl (C=O) groups is 1. The molecule has 2 amide bonds. The van der Waals surface area contributed by atoms with Crippen LogP contribution in [0.25, 0.3) is 0 Å². The molecule has 0 aliphatic heterocycles. The fourth-order valence-corrected chi connectivity index (χ4v) is 4.32. The van der Waals surface area contributed by atoms with Gasteiger partial charge >= 0.3 is 6.03 Å².